The SMILES string of the molecule is CCCCP(C)(CCCC)(CCCC)OP(=O)(OCCC)OP(C)(CCCC)(CCCC)CCCC. The van der Waals surface area contributed by atoms with E-state index in [1.807, 2.05) is 0 Å². The predicted molar refractivity (Wildman–Crippen MR) is 170 cm³/mol. The van der Waals surface area contributed by atoms with E-state index in [1.165, 1.54) is 0 Å². The van der Waals surface area contributed by atoms with Crippen molar-refractivity contribution in [1.29, 1.82) is 0 Å². The first kappa shape index (κ1) is 37.0. The molecule has 0 fully saturated rings. The molecule has 0 aromatic heterocycles. The van der Waals surface area contributed by atoms with Gasteiger partial charge in [0.1, 0.15) is 0 Å². The van der Waals surface area contributed by atoms with Gasteiger partial charge in [-0.2, -0.15) is 0 Å². The average molecular weight is 573 g/mol. The van der Waals surface area contributed by atoms with Crippen LogP contribution in [0.1, 0.15) is 132 Å². The van der Waals surface area contributed by atoms with Crippen LogP contribution in [0.25, 0.3) is 0 Å². The first-order valence-corrected chi connectivity index (χ1v) is 23.4. The molecule has 0 aliphatic rings. The number of phosphoric acid groups is 1. The zero-order valence-corrected chi connectivity index (χ0v) is 28.8. The normalized spacial score (nSPS) is 16.7. The zero-order valence-electron chi connectivity index (χ0n) is 26.1. The Labute approximate surface area is 227 Å². The van der Waals surface area contributed by atoms with Gasteiger partial charge >= 0.3 is 228 Å². The second-order valence-electron chi connectivity index (χ2n) is 12.3. The second kappa shape index (κ2) is 17.6. The van der Waals surface area contributed by atoms with Crippen LogP contribution in [0.2, 0.25) is 0 Å². The molecular weight excluding hydrogens is 505 g/mol. The maximum absolute atomic E-state index is 15.0. The molecule has 0 bridgehead atoms. The van der Waals surface area contributed by atoms with Gasteiger partial charge < -0.3 is 0 Å². The summed E-state index contributed by atoms with van der Waals surface area (Å²) >= 11 is 0. The molecule has 0 saturated carbocycles. The molecule has 0 unspecified atom stereocenters. The van der Waals surface area contributed by atoms with Gasteiger partial charge in [0.2, 0.25) is 0 Å². The maximum atomic E-state index is 15.0. The van der Waals surface area contributed by atoms with Gasteiger partial charge in [-0.3, -0.25) is 0 Å². The van der Waals surface area contributed by atoms with Crippen LogP contribution in [0, 0.1) is 0 Å². The molecule has 0 heterocycles. The Morgan fingerprint density at radius 2 is 0.722 bits per heavy atom. The molecule has 0 radical (unpaired) electrons. The van der Waals surface area contributed by atoms with Gasteiger partial charge in [-0.15, -0.1) is 0 Å². The van der Waals surface area contributed by atoms with Gasteiger partial charge in [0.15, 0.2) is 0 Å². The molecule has 7 heteroatoms. The van der Waals surface area contributed by atoms with Crippen LogP contribution in [0.4, 0.5) is 0 Å². The molecular formula is C29H67O4P3. The molecule has 0 saturated heterocycles. The van der Waals surface area contributed by atoms with Gasteiger partial charge in [-0.05, 0) is 0 Å². The van der Waals surface area contributed by atoms with Crippen LogP contribution >= 0.6 is 21.5 Å². The summed E-state index contributed by atoms with van der Waals surface area (Å²) < 4.78 is 35.6. The zero-order chi connectivity index (χ0) is 27.7. The van der Waals surface area contributed by atoms with Crippen molar-refractivity contribution in [3.8, 4) is 0 Å². The Morgan fingerprint density at radius 1 is 0.472 bits per heavy atom. The standard InChI is InChI=1S/C29H67O4P3/c1-10-17-24-35(8,25-18-11-2,26-19-12-3)32-34(30,31-23-16-7)33-36(9,27-20-13-4,28-21-14-5)29-22-15-6/h10-29H2,1-9H3. The molecule has 36 heavy (non-hydrogen) atoms. The average Bonchev–Trinajstić information content (AvgIpc) is 2.86. The number of unbranched alkanes of at least 4 members (excludes halogenated alkanes) is 6. The summed E-state index contributed by atoms with van der Waals surface area (Å²) in [4.78, 5) is 0. The molecule has 0 atom stereocenters. The third-order valence-corrected chi connectivity index (χ3v) is 23.7. The molecule has 0 aliphatic carbocycles. The van der Waals surface area contributed by atoms with E-state index in [2.05, 4.69) is 61.8 Å². The van der Waals surface area contributed by atoms with Crippen molar-refractivity contribution in [1.82, 2.24) is 0 Å². The van der Waals surface area contributed by atoms with E-state index in [-0.39, 0.29) is 0 Å². The van der Waals surface area contributed by atoms with Gasteiger partial charge in [0.25, 0.3) is 0 Å². The Balaban J connectivity index is 6.73. The summed E-state index contributed by atoms with van der Waals surface area (Å²) in [5.74, 6) is 0. The van der Waals surface area contributed by atoms with E-state index >= 15 is 0 Å². The number of hydrogen-bond donors (Lipinski definition) is 0. The van der Waals surface area contributed by atoms with Crippen molar-refractivity contribution in [2.45, 2.75) is 132 Å². The number of rotatable bonds is 25. The van der Waals surface area contributed by atoms with Crippen molar-refractivity contribution >= 4 is 21.5 Å². The predicted octanol–water partition coefficient (Wildman–Crippen LogP) is 11.6. The molecule has 0 spiro atoms. The summed E-state index contributed by atoms with van der Waals surface area (Å²) in [5, 5.41) is 0. The van der Waals surface area contributed by atoms with Crippen molar-refractivity contribution in [2.75, 3.05) is 56.9 Å². The molecule has 4 nitrogen and oxygen atoms in total. The summed E-state index contributed by atoms with van der Waals surface area (Å²) in [6.07, 6.45) is 20.5. The first-order chi connectivity index (χ1) is 16.9. The van der Waals surface area contributed by atoms with Gasteiger partial charge in [0.05, 0.1) is 0 Å². The van der Waals surface area contributed by atoms with Crippen molar-refractivity contribution in [3.63, 3.8) is 0 Å². The van der Waals surface area contributed by atoms with E-state index in [4.69, 9.17) is 13.1 Å². The molecule has 0 aromatic rings. The van der Waals surface area contributed by atoms with Crippen molar-refractivity contribution in [3.05, 3.63) is 0 Å². The van der Waals surface area contributed by atoms with Crippen molar-refractivity contribution < 1.29 is 17.7 Å². The number of hydrogen-bond acceptors (Lipinski definition) is 4. The fraction of sp³-hybridized carbons (Fsp3) is 1.00. The minimum absolute atomic E-state index is 0.431. The fourth-order valence-electron chi connectivity index (χ4n) is 5.43. The van der Waals surface area contributed by atoms with Gasteiger partial charge in [-0.25, -0.2) is 0 Å². The van der Waals surface area contributed by atoms with Crippen LogP contribution in [0.5, 0.6) is 0 Å². The van der Waals surface area contributed by atoms with E-state index in [1.54, 1.807) is 0 Å². The van der Waals surface area contributed by atoms with Crippen LogP contribution in [-0.2, 0) is 17.7 Å². The van der Waals surface area contributed by atoms with Gasteiger partial charge in [-0.1, -0.05) is 0 Å². The summed E-state index contributed by atoms with van der Waals surface area (Å²) in [6.45, 7) is 15.3. The summed E-state index contributed by atoms with van der Waals surface area (Å²) in [7, 11) is -3.73. The fourth-order valence-corrected chi connectivity index (χ4v) is 22.2. The van der Waals surface area contributed by atoms with Crippen LogP contribution < -0.4 is 0 Å². The molecule has 0 N–H and O–H groups in total. The van der Waals surface area contributed by atoms with E-state index in [9.17, 15) is 4.57 Å². The Kier molecular flexibility index (Phi) is 18.1. The Hall–Kier alpha value is 0.970. The Morgan fingerprint density at radius 3 is 0.917 bits per heavy atom. The monoisotopic (exact) mass is 572 g/mol. The first-order valence-electron chi connectivity index (χ1n) is 15.6. The molecule has 0 amide bonds. The van der Waals surface area contributed by atoms with E-state index < -0.39 is 21.5 Å². The minimum atomic E-state index is -3.73. The van der Waals surface area contributed by atoms with E-state index in [0.29, 0.717) is 6.61 Å². The van der Waals surface area contributed by atoms with Crippen molar-refractivity contribution in [2.24, 2.45) is 0 Å². The van der Waals surface area contributed by atoms with Crippen LogP contribution in [0.3, 0.4) is 0 Å². The molecule has 222 valence electrons. The third kappa shape index (κ3) is 12.9. The molecule has 0 rings (SSSR count). The van der Waals surface area contributed by atoms with Gasteiger partial charge in [0, 0.05) is 0 Å². The van der Waals surface area contributed by atoms with Crippen LogP contribution in [-0.4, -0.2) is 56.9 Å². The second-order valence-corrected chi connectivity index (χ2v) is 26.2. The topological polar surface area (TPSA) is 44.8 Å². The molecule has 0 aliphatic heterocycles. The summed E-state index contributed by atoms with van der Waals surface area (Å²) in [5.41, 5.74) is 0. The van der Waals surface area contributed by atoms with E-state index in [0.717, 1.165) is 120 Å². The quantitative estimate of drug-likeness (QED) is 0.102. The molecule has 0 aromatic carbocycles. The van der Waals surface area contributed by atoms with Crippen LogP contribution in [0.15, 0.2) is 0 Å². The summed E-state index contributed by atoms with van der Waals surface area (Å²) in [6, 6.07) is 0. The third-order valence-electron chi connectivity index (χ3n) is 8.02. The Bertz CT molecular complexity index is 531.